The molecule has 6 aliphatic heterocycles. The van der Waals surface area contributed by atoms with Gasteiger partial charge in [0.25, 0.3) is 0 Å². The number of nitrogens with zero attached hydrogens (tertiary/aromatic N) is 9. The molecule has 2 unspecified atom stereocenters. The van der Waals surface area contributed by atoms with Crippen LogP contribution in [0.25, 0.3) is 22.3 Å². The summed E-state index contributed by atoms with van der Waals surface area (Å²) < 4.78 is 2.20. The number of rotatable bonds is 10. The Morgan fingerprint density at radius 3 is 2.24 bits per heavy atom. The Morgan fingerprint density at radius 2 is 1.55 bits per heavy atom. The minimum absolute atomic E-state index is 0.00386. The maximum atomic E-state index is 15.4. The number of amides is 5. The van der Waals surface area contributed by atoms with E-state index in [1.54, 1.807) is 6.20 Å². The van der Waals surface area contributed by atoms with Crippen LogP contribution in [0.2, 0.25) is 0 Å². The van der Waals surface area contributed by atoms with Crippen molar-refractivity contribution in [3.63, 3.8) is 0 Å². The standard InChI is InChI=1S/C58H73N11O5/c1-36(2)68-35-60-47-30-46(62-52(51(47)68)61-41-9-10-41)38-7-12-45-48(27-38)69(43-28-42(29-43)64-21-4-3-5-22-64)56(74)58(45)19-25-66(26-20-58)55(73)40-31-57(17-6-18-57)34-67(33-40)54(72)37-15-23-65(24-16-37)49-13-8-39(32-59-49)44-11-14-50(70)63-53(44)71/h7-8,12-13,27,30,32,35-37,40-44H,3-6,9-11,14-26,28-29,31,33-34H2,1-2H3,(H,61,62)(H,63,70,71). The lowest BCUT2D eigenvalue weighted by Crippen LogP contribution is -2.59. The maximum Gasteiger partial charge on any atom is 0.238 e. The van der Waals surface area contributed by atoms with Gasteiger partial charge < -0.3 is 34.4 Å². The van der Waals surface area contributed by atoms with E-state index in [-0.39, 0.29) is 64.8 Å². The molecular weight excluding hydrogens is 931 g/mol. The first-order valence-electron chi connectivity index (χ1n) is 28.4. The Morgan fingerprint density at radius 1 is 0.784 bits per heavy atom. The van der Waals surface area contributed by atoms with Gasteiger partial charge in [0.1, 0.15) is 11.3 Å². The van der Waals surface area contributed by atoms with E-state index < -0.39 is 5.41 Å². The molecule has 3 aliphatic carbocycles. The zero-order valence-corrected chi connectivity index (χ0v) is 43.4. The number of pyridine rings is 2. The van der Waals surface area contributed by atoms with Gasteiger partial charge >= 0.3 is 0 Å². The van der Waals surface area contributed by atoms with Crippen molar-refractivity contribution >= 4 is 57.9 Å². The van der Waals surface area contributed by atoms with Gasteiger partial charge in [-0.1, -0.05) is 31.0 Å². The molecule has 9 aliphatic rings. The van der Waals surface area contributed by atoms with Gasteiger partial charge in [0.2, 0.25) is 29.5 Å². The Balaban J connectivity index is 0.705. The molecule has 16 nitrogen and oxygen atoms in total. The second-order valence-electron chi connectivity index (χ2n) is 24.3. The number of likely N-dealkylation sites (tertiary alicyclic amines) is 3. The fourth-order valence-corrected chi connectivity index (χ4v) is 14.6. The fraction of sp³-hybridized carbons (Fsp3) is 0.621. The van der Waals surface area contributed by atoms with Crippen molar-refractivity contribution in [3.05, 3.63) is 60.0 Å². The van der Waals surface area contributed by atoms with Crippen LogP contribution < -0.4 is 20.4 Å². The van der Waals surface area contributed by atoms with Crippen molar-refractivity contribution in [2.45, 2.75) is 159 Å². The Labute approximate surface area is 434 Å². The number of carbonyl (C=O) groups is 5. The van der Waals surface area contributed by atoms with Gasteiger partial charge in [0, 0.05) is 93.2 Å². The van der Waals surface area contributed by atoms with Crippen LogP contribution in [0.4, 0.5) is 17.3 Å². The van der Waals surface area contributed by atoms with Crippen LogP contribution in [0.5, 0.6) is 0 Å². The highest BCUT2D eigenvalue weighted by Crippen LogP contribution is 2.54. The van der Waals surface area contributed by atoms with Crippen LogP contribution in [-0.4, -0.2) is 134 Å². The summed E-state index contributed by atoms with van der Waals surface area (Å²) in [5.74, 6) is 0.986. The number of imidazole rings is 1. The largest absolute Gasteiger partial charge is 0.366 e. The van der Waals surface area contributed by atoms with E-state index in [2.05, 4.69) is 72.9 Å². The van der Waals surface area contributed by atoms with E-state index in [0.717, 1.165) is 122 Å². The second-order valence-corrected chi connectivity index (χ2v) is 24.3. The second kappa shape index (κ2) is 18.7. The average molecular weight is 1000 g/mol. The Kier molecular flexibility index (Phi) is 12.1. The number of imide groups is 1. The molecule has 2 atom stereocenters. The normalized spacial score (nSPS) is 27.1. The monoisotopic (exact) mass is 1000 g/mol. The third-order valence-corrected chi connectivity index (χ3v) is 19.3. The van der Waals surface area contributed by atoms with Gasteiger partial charge in [-0.05, 0) is 152 Å². The van der Waals surface area contributed by atoms with Crippen LogP contribution in [0.3, 0.4) is 0 Å². The van der Waals surface area contributed by atoms with E-state index in [1.165, 1.54) is 19.3 Å². The van der Waals surface area contributed by atoms with Gasteiger partial charge in [-0.25, -0.2) is 15.0 Å². The molecule has 1 aromatic carbocycles. The van der Waals surface area contributed by atoms with E-state index in [4.69, 9.17) is 15.0 Å². The highest BCUT2D eigenvalue weighted by molar-refractivity contribution is 6.09. The smallest absolute Gasteiger partial charge is 0.238 e. The van der Waals surface area contributed by atoms with Gasteiger partial charge in [0.05, 0.1) is 34.8 Å². The molecule has 5 saturated heterocycles. The van der Waals surface area contributed by atoms with Crippen molar-refractivity contribution in [1.29, 1.82) is 0 Å². The minimum Gasteiger partial charge on any atom is -0.366 e. The van der Waals surface area contributed by atoms with Crippen LogP contribution >= 0.6 is 0 Å². The number of anilines is 3. The Bertz CT molecular complexity index is 2860. The summed E-state index contributed by atoms with van der Waals surface area (Å²) in [7, 11) is 0. The zero-order chi connectivity index (χ0) is 50.5. The van der Waals surface area contributed by atoms with Crippen molar-refractivity contribution < 1.29 is 24.0 Å². The molecule has 5 amide bonds. The number of hydrogen-bond donors (Lipinski definition) is 2. The molecule has 74 heavy (non-hydrogen) atoms. The quantitative estimate of drug-likeness (QED) is 0.153. The van der Waals surface area contributed by atoms with Gasteiger partial charge in [-0.3, -0.25) is 29.3 Å². The summed E-state index contributed by atoms with van der Waals surface area (Å²) in [6, 6.07) is 13.9. The molecule has 2 N–H and O–H groups in total. The molecular formula is C58H73N11O5. The Hall–Kier alpha value is -5.90. The van der Waals surface area contributed by atoms with Crippen LogP contribution in [0, 0.1) is 17.3 Å². The number of fused-ring (bicyclic) bond motifs is 3. The molecule has 9 heterocycles. The average Bonchev–Trinajstić information content (AvgIpc) is 4.08. The molecule has 3 aromatic heterocycles. The lowest BCUT2D eigenvalue weighted by molar-refractivity contribution is -0.152. The summed E-state index contributed by atoms with van der Waals surface area (Å²) in [4.78, 5) is 94.9. The minimum atomic E-state index is -0.698. The molecule has 13 rings (SSSR count). The first kappa shape index (κ1) is 47.8. The summed E-state index contributed by atoms with van der Waals surface area (Å²) in [6.07, 6.45) is 19.2. The molecule has 8 fully saturated rings. The number of aromatic nitrogens is 4. The SMILES string of the molecule is CC(C)n1cnc2cc(-c3ccc4c(c3)N(C3CC(N5CCCCC5)C3)C(=O)C43CCN(C(=O)C4CN(C(=O)C5CCN(c6ccc(C7CCC(=O)NC7=O)cn6)CC5)CC5(CCC5)C4)CC3)nc(NC3CC3)c21. The highest BCUT2D eigenvalue weighted by atomic mass is 16.2. The molecule has 3 saturated carbocycles. The summed E-state index contributed by atoms with van der Waals surface area (Å²) in [6.45, 7) is 10.3. The number of carbonyl (C=O) groups excluding carboxylic acids is 5. The molecule has 390 valence electrons. The molecule has 0 bridgehead atoms. The number of benzene rings is 1. The molecule has 4 aromatic rings. The number of nitrogens with one attached hydrogen (secondary N) is 2. The van der Waals surface area contributed by atoms with E-state index in [1.807, 2.05) is 23.4 Å². The third kappa shape index (κ3) is 8.45. The first-order valence-corrected chi connectivity index (χ1v) is 28.4. The summed E-state index contributed by atoms with van der Waals surface area (Å²) in [5.41, 5.74) is 6.00. The van der Waals surface area contributed by atoms with Crippen LogP contribution in [-0.2, 0) is 29.4 Å². The van der Waals surface area contributed by atoms with Crippen molar-refractivity contribution in [2.75, 3.05) is 67.5 Å². The first-order chi connectivity index (χ1) is 35.9. The highest BCUT2D eigenvalue weighted by Gasteiger charge is 2.57. The third-order valence-electron chi connectivity index (χ3n) is 19.3. The van der Waals surface area contributed by atoms with Crippen LogP contribution in [0.1, 0.15) is 146 Å². The van der Waals surface area contributed by atoms with Crippen molar-refractivity contribution in [3.8, 4) is 11.3 Å². The zero-order valence-electron chi connectivity index (χ0n) is 43.4. The number of hydrogen-bond acceptors (Lipinski definition) is 11. The van der Waals surface area contributed by atoms with Gasteiger partial charge in [0.15, 0.2) is 5.82 Å². The van der Waals surface area contributed by atoms with E-state index in [9.17, 15) is 19.2 Å². The van der Waals surface area contributed by atoms with Gasteiger partial charge in [-0.15, -0.1) is 0 Å². The maximum absolute atomic E-state index is 15.4. The topological polar surface area (TPSA) is 169 Å². The van der Waals surface area contributed by atoms with Crippen molar-refractivity contribution in [2.24, 2.45) is 17.3 Å². The van der Waals surface area contributed by atoms with E-state index >= 15 is 4.79 Å². The predicted octanol–water partition coefficient (Wildman–Crippen LogP) is 7.33. The van der Waals surface area contributed by atoms with Gasteiger partial charge in [-0.2, -0.15) is 0 Å². The lowest BCUT2D eigenvalue weighted by atomic mass is 9.61. The van der Waals surface area contributed by atoms with Crippen molar-refractivity contribution in [1.82, 2.24) is 39.5 Å². The van der Waals surface area contributed by atoms with E-state index in [0.29, 0.717) is 83.3 Å². The predicted molar refractivity (Wildman–Crippen MR) is 282 cm³/mol. The molecule has 2 spiro atoms. The van der Waals surface area contributed by atoms with Crippen LogP contribution in [0.15, 0.2) is 48.9 Å². The number of piperidine rings is 5. The summed E-state index contributed by atoms with van der Waals surface area (Å²) in [5, 5.41) is 6.16. The fourth-order valence-electron chi connectivity index (χ4n) is 14.6. The molecule has 16 heteroatoms. The molecule has 0 radical (unpaired) electrons. The lowest BCUT2D eigenvalue weighted by Gasteiger charge is -2.52. The summed E-state index contributed by atoms with van der Waals surface area (Å²) >= 11 is 0.